The van der Waals surface area contributed by atoms with E-state index >= 15 is 0 Å². The van der Waals surface area contributed by atoms with Crippen LogP contribution in [0.15, 0.2) is 229 Å². The van der Waals surface area contributed by atoms with Gasteiger partial charge in [-0.25, -0.2) is 0 Å². The van der Waals surface area contributed by atoms with Gasteiger partial charge in [0, 0.05) is 21.9 Å². The third-order valence-corrected chi connectivity index (χ3v) is 15.4. The molecule has 0 saturated heterocycles. The van der Waals surface area contributed by atoms with Crippen LogP contribution >= 0.6 is 0 Å². The third kappa shape index (κ3) is 6.47. The van der Waals surface area contributed by atoms with Gasteiger partial charge in [-0.2, -0.15) is 0 Å². The van der Waals surface area contributed by atoms with Crippen molar-refractivity contribution in [1.82, 2.24) is 0 Å². The van der Waals surface area contributed by atoms with Gasteiger partial charge in [-0.1, -0.05) is 242 Å². The van der Waals surface area contributed by atoms with Crippen LogP contribution in [0.25, 0.3) is 77.6 Å². The first kappa shape index (κ1) is 42.9. The predicted molar refractivity (Wildman–Crippen MR) is 298 cm³/mol. The smallest absolute Gasteiger partial charge is 0.159 e. The average molecular weight is 914 g/mol. The highest BCUT2D eigenvalue weighted by atomic mass is 16.3. The minimum Gasteiger partial charge on any atom is -0.454 e. The van der Waals surface area contributed by atoms with Crippen molar-refractivity contribution in [3.05, 3.63) is 258 Å². The molecule has 11 aromatic rings. The lowest BCUT2D eigenvalue weighted by molar-refractivity contribution is 0.586. The SMILES string of the molecule is CC(C)(C)c1ccc2c(c1)C1(c3cc(C(C)(C)C)ccc3-2)c2ccccc2-c2c(N(c3ccccc3-c3ccccc3-c3ccccc3-c3ccccc3)c3cccc4c3oc3ccccc34)cccc21. The summed E-state index contributed by atoms with van der Waals surface area (Å²) < 4.78 is 7.03. The van der Waals surface area contributed by atoms with Crippen LogP contribution in [0.3, 0.4) is 0 Å². The summed E-state index contributed by atoms with van der Waals surface area (Å²) in [5.74, 6) is 0. The second-order valence-electron chi connectivity index (χ2n) is 21.6. The molecule has 0 bridgehead atoms. The second-order valence-corrected chi connectivity index (χ2v) is 21.6. The number of hydrogen-bond acceptors (Lipinski definition) is 2. The zero-order chi connectivity index (χ0) is 48.2. The molecule has 0 amide bonds. The molecule has 1 aromatic heterocycles. The molecule has 1 spiro atoms. The molecule has 0 N–H and O–H groups in total. The molecule has 342 valence electrons. The fourth-order valence-electron chi connectivity index (χ4n) is 12.1. The highest BCUT2D eigenvalue weighted by Crippen LogP contribution is 2.66. The molecular formula is C69H55NO. The van der Waals surface area contributed by atoms with Crippen molar-refractivity contribution in [2.24, 2.45) is 0 Å². The van der Waals surface area contributed by atoms with Crippen LogP contribution in [-0.2, 0) is 16.2 Å². The predicted octanol–water partition coefficient (Wildman–Crippen LogP) is 19.0. The molecular weight excluding hydrogens is 859 g/mol. The van der Waals surface area contributed by atoms with Gasteiger partial charge in [0.2, 0.25) is 0 Å². The Balaban J connectivity index is 1.13. The number of anilines is 3. The lowest BCUT2D eigenvalue weighted by Crippen LogP contribution is -2.27. The largest absolute Gasteiger partial charge is 0.454 e. The Hall–Kier alpha value is -8.20. The molecule has 13 rings (SSSR count). The van der Waals surface area contributed by atoms with Crippen LogP contribution in [0.2, 0.25) is 0 Å². The van der Waals surface area contributed by atoms with Crippen LogP contribution in [0, 0.1) is 0 Å². The number of nitrogens with zero attached hydrogens (tertiary/aromatic N) is 1. The number of rotatable bonds is 6. The molecule has 0 unspecified atom stereocenters. The van der Waals surface area contributed by atoms with E-state index in [0.29, 0.717) is 0 Å². The van der Waals surface area contributed by atoms with E-state index in [2.05, 4.69) is 271 Å². The van der Waals surface area contributed by atoms with Gasteiger partial charge < -0.3 is 9.32 Å². The van der Waals surface area contributed by atoms with E-state index < -0.39 is 5.41 Å². The number of fused-ring (bicyclic) bond motifs is 13. The molecule has 2 aliphatic rings. The van der Waals surface area contributed by atoms with E-state index in [-0.39, 0.29) is 10.8 Å². The Morgan fingerprint density at radius 1 is 0.338 bits per heavy atom. The zero-order valence-electron chi connectivity index (χ0n) is 41.2. The van der Waals surface area contributed by atoms with Crippen molar-refractivity contribution < 1.29 is 4.42 Å². The molecule has 0 atom stereocenters. The van der Waals surface area contributed by atoms with Gasteiger partial charge in [0.1, 0.15) is 5.58 Å². The number of benzene rings is 10. The van der Waals surface area contributed by atoms with Crippen molar-refractivity contribution in [3.8, 4) is 55.6 Å². The Kier molecular flexibility index (Phi) is 9.61. The summed E-state index contributed by atoms with van der Waals surface area (Å²) >= 11 is 0. The van der Waals surface area contributed by atoms with Crippen molar-refractivity contribution >= 4 is 39.0 Å². The van der Waals surface area contributed by atoms with Gasteiger partial charge in [0.25, 0.3) is 0 Å². The quantitative estimate of drug-likeness (QED) is 0.165. The summed E-state index contributed by atoms with van der Waals surface area (Å²) in [7, 11) is 0. The maximum Gasteiger partial charge on any atom is 0.159 e. The monoisotopic (exact) mass is 913 g/mol. The van der Waals surface area contributed by atoms with Gasteiger partial charge in [-0.05, 0) is 113 Å². The van der Waals surface area contributed by atoms with E-state index in [0.717, 1.165) is 50.1 Å². The molecule has 0 aliphatic heterocycles. The van der Waals surface area contributed by atoms with Crippen molar-refractivity contribution in [2.75, 3.05) is 4.90 Å². The summed E-state index contributed by atoms with van der Waals surface area (Å²) in [6.07, 6.45) is 0. The highest BCUT2D eigenvalue weighted by Gasteiger charge is 2.53. The minimum absolute atomic E-state index is 0.0476. The maximum absolute atomic E-state index is 7.03. The lowest BCUT2D eigenvalue weighted by Gasteiger charge is -2.34. The summed E-state index contributed by atoms with van der Waals surface area (Å²) in [6, 6.07) is 83.5. The number of furan rings is 1. The van der Waals surface area contributed by atoms with E-state index in [4.69, 9.17) is 4.42 Å². The molecule has 71 heavy (non-hydrogen) atoms. The molecule has 2 nitrogen and oxygen atoms in total. The van der Waals surface area contributed by atoms with Crippen LogP contribution in [-0.4, -0.2) is 0 Å². The first-order valence-electron chi connectivity index (χ1n) is 25.1. The highest BCUT2D eigenvalue weighted by molar-refractivity contribution is 6.12. The molecule has 10 aromatic carbocycles. The lowest BCUT2D eigenvalue weighted by atomic mass is 9.69. The topological polar surface area (TPSA) is 16.4 Å². The van der Waals surface area contributed by atoms with E-state index in [1.165, 1.54) is 77.9 Å². The Labute approximate surface area is 417 Å². The molecule has 0 radical (unpaired) electrons. The van der Waals surface area contributed by atoms with Gasteiger partial charge >= 0.3 is 0 Å². The average Bonchev–Trinajstić information content (AvgIpc) is 4.03. The van der Waals surface area contributed by atoms with Gasteiger partial charge in [0.15, 0.2) is 5.58 Å². The molecule has 2 heteroatoms. The van der Waals surface area contributed by atoms with Gasteiger partial charge in [-0.15, -0.1) is 0 Å². The Morgan fingerprint density at radius 3 is 1.49 bits per heavy atom. The first-order chi connectivity index (χ1) is 34.5. The fourth-order valence-corrected chi connectivity index (χ4v) is 12.1. The Bertz CT molecular complexity index is 3850. The first-order valence-corrected chi connectivity index (χ1v) is 25.1. The summed E-state index contributed by atoms with van der Waals surface area (Å²) in [5.41, 5.74) is 24.3. The number of hydrogen-bond donors (Lipinski definition) is 0. The summed E-state index contributed by atoms with van der Waals surface area (Å²) in [4.78, 5) is 2.52. The fraction of sp³-hybridized carbons (Fsp3) is 0.130. The van der Waals surface area contributed by atoms with Gasteiger partial charge in [0.05, 0.1) is 22.5 Å². The normalized spacial score (nSPS) is 13.3. The number of para-hydroxylation sites is 3. The second kappa shape index (κ2) is 15.9. The van der Waals surface area contributed by atoms with Gasteiger partial charge in [-0.3, -0.25) is 0 Å². The summed E-state index contributed by atoms with van der Waals surface area (Å²) in [5, 5.41) is 2.19. The van der Waals surface area contributed by atoms with E-state index in [1.54, 1.807) is 0 Å². The Morgan fingerprint density at radius 2 is 0.817 bits per heavy atom. The molecule has 1 heterocycles. The van der Waals surface area contributed by atoms with Crippen LogP contribution < -0.4 is 4.90 Å². The minimum atomic E-state index is -0.570. The van der Waals surface area contributed by atoms with E-state index in [9.17, 15) is 0 Å². The van der Waals surface area contributed by atoms with Crippen LogP contribution in [0.1, 0.15) is 74.9 Å². The summed E-state index contributed by atoms with van der Waals surface area (Å²) in [6.45, 7) is 14.0. The van der Waals surface area contributed by atoms with Crippen molar-refractivity contribution in [2.45, 2.75) is 57.8 Å². The van der Waals surface area contributed by atoms with Crippen LogP contribution in [0.4, 0.5) is 17.1 Å². The van der Waals surface area contributed by atoms with Crippen LogP contribution in [0.5, 0.6) is 0 Å². The molecule has 0 fully saturated rings. The third-order valence-electron chi connectivity index (χ3n) is 15.4. The maximum atomic E-state index is 7.03. The van der Waals surface area contributed by atoms with E-state index in [1.807, 2.05) is 0 Å². The molecule has 2 aliphatic carbocycles. The molecule has 0 saturated carbocycles. The zero-order valence-corrected chi connectivity index (χ0v) is 41.2. The van der Waals surface area contributed by atoms with Crippen molar-refractivity contribution in [1.29, 1.82) is 0 Å². The van der Waals surface area contributed by atoms with Crippen molar-refractivity contribution in [3.63, 3.8) is 0 Å². The standard InChI is InChI=1S/C69H55NO/c1-67(2,3)45-38-40-51-52-41-39-46(68(4,5)6)43-60(52)69(59(51)42-45)57-32-17-14-30-56(57)65-58(69)33-21-35-62(65)70(63-36-20-31-55-54-29-16-19-37-64(54)71-66(55)63)61-34-18-15-28-53(61)50-27-13-12-26-49(50)48-25-11-10-24-47(48)44-22-8-7-9-23-44/h7-43H,1-6H3.